The van der Waals surface area contributed by atoms with Crippen molar-refractivity contribution in [3.05, 3.63) is 68.8 Å². The molecule has 0 spiro atoms. The highest BCUT2D eigenvalue weighted by atomic mass is 16.6. The predicted molar refractivity (Wildman–Crippen MR) is 124 cm³/mol. The molecule has 12 nitrogen and oxygen atoms in total. The van der Waals surface area contributed by atoms with Gasteiger partial charge in [0, 0.05) is 88.0 Å². The molecule has 0 aliphatic carbocycles. The molecular weight excluding hydrogens is 444 g/mol. The van der Waals surface area contributed by atoms with Crippen LogP contribution in [0.2, 0.25) is 0 Å². The predicted octanol–water partition coefficient (Wildman–Crippen LogP) is 1.50. The molecule has 2 aromatic carbocycles. The number of piperazine rings is 2. The fourth-order valence-electron chi connectivity index (χ4n) is 4.18. The second kappa shape index (κ2) is 9.73. The molecule has 2 saturated heterocycles. The van der Waals surface area contributed by atoms with Crippen LogP contribution in [0.5, 0.6) is 0 Å². The van der Waals surface area contributed by atoms with E-state index in [0.29, 0.717) is 52.4 Å². The first-order valence-electron chi connectivity index (χ1n) is 10.9. The summed E-state index contributed by atoms with van der Waals surface area (Å²) in [6.07, 6.45) is 0. The molecule has 2 fully saturated rings. The third-order valence-electron chi connectivity index (χ3n) is 6.17. The van der Waals surface area contributed by atoms with E-state index in [0.717, 1.165) is 11.4 Å². The van der Waals surface area contributed by atoms with Gasteiger partial charge in [-0.25, -0.2) is 0 Å². The second-order valence-corrected chi connectivity index (χ2v) is 8.11. The lowest BCUT2D eigenvalue weighted by atomic mass is 10.2. The van der Waals surface area contributed by atoms with E-state index in [-0.39, 0.29) is 11.4 Å². The lowest BCUT2D eigenvalue weighted by Crippen LogP contribution is -2.56. The third-order valence-corrected chi connectivity index (χ3v) is 6.17. The van der Waals surface area contributed by atoms with Gasteiger partial charge in [0.2, 0.25) is 0 Å². The van der Waals surface area contributed by atoms with Gasteiger partial charge in [-0.05, 0) is 24.3 Å². The number of hydrogen-bond donors (Lipinski definition) is 0. The molecule has 2 aromatic rings. The molecule has 12 heteroatoms. The van der Waals surface area contributed by atoms with Crippen molar-refractivity contribution < 1.29 is 19.4 Å². The molecule has 0 aromatic heterocycles. The number of carbonyl (C=O) groups is 2. The van der Waals surface area contributed by atoms with Gasteiger partial charge < -0.3 is 19.6 Å². The Bertz CT molecular complexity index is 987. The van der Waals surface area contributed by atoms with Gasteiger partial charge in [0.25, 0.3) is 11.4 Å². The zero-order valence-electron chi connectivity index (χ0n) is 18.4. The number of nitrogens with zero attached hydrogens (tertiary/aromatic N) is 6. The van der Waals surface area contributed by atoms with E-state index in [2.05, 4.69) is 0 Å². The number of anilines is 2. The molecule has 0 saturated carbocycles. The van der Waals surface area contributed by atoms with Gasteiger partial charge in [-0.3, -0.25) is 29.8 Å². The first-order valence-corrected chi connectivity index (χ1v) is 10.9. The Hall–Kier alpha value is -4.22. The fourth-order valence-corrected chi connectivity index (χ4v) is 4.18. The molecule has 0 unspecified atom stereocenters. The minimum absolute atomic E-state index is 0.0248. The maximum Gasteiger partial charge on any atom is 0.312 e. The molecule has 0 bridgehead atoms. The van der Waals surface area contributed by atoms with Crippen LogP contribution in [0, 0.1) is 20.2 Å². The van der Waals surface area contributed by atoms with Crippen LogP contribution in [0.15, 0.2) is 48.5 Å². The van der Waals surface area contributed by atoms with Crippen molar-refractivity contribution in [3.8, 4) is 0 Å². The highest BCUT2D eigenvalue weighted by Gasteiger charge is 2.31. The molecule has 2 amide bonds. The number of carbonyl (C=O) groups excluding carboxylic acids is 2. The summed E-state index contributed by atoms with van der Waals surface area (Å²) in [4.78, 5) is 53.4. The summed E-state index contributed by atoms with van der Waals surface area (Å²) in [6.45, 7) is 3.70. The van der Waals surface area contributed by atoms with Crippen LogP contribution in [-0.2, 0) is 9.59 Å². The molecule has 0 radical (unpaired) electrons. The van der Waals surface area contributed by atoms with E-state index >= 15 is 0 Å². The Morgan fingerprint density at radius 3 is 1.12 bits per heavy atom. The van der Waals surface area contributed by atoms with Crippen LogP contribution in [0.25, 0.3) is 0 Å². The van der Waals surface area contributed by atoms with Crippen molar-refractivity contribution in [2.24, 2.45) is 0 Å². The highest BCUT2D eigenvalue weighted by molar-refractivity contribution is 6.35. The van der Waals surface area contributed by atoms with Gasteiger partial charge in [-0.1, -0.05) is 0 Å². The van der Waals surface area contributed by atoms with Gasteiger partial charge in [-0.15, -0.1) is 0 Å². The summed E-state index contributed by atoms with van der Waals surface area (Å²) in [5, 5.41) is 21.6. The number of non-ortho nitro benzene ring substituents is 2. The largest absolute Gasteiger partial charge is 0.368 e. The van der Waals surface area contributed by atoms with Crippen molar-refractivity contribution in [1.29, 1.82) is 0 Å². The van der Waals surface area contributed by atoms with Crippen molar-refractivity contribution in [2.75, 3.05) is 62.2 Å². The topological polar surface area (TPSA) is 133 Å². The first kappa shape index (κ1) is 23.0. The smallest absolute Gasteiger partial charge is 0.312 e. The van der Waals surface area contributed by atoms with Gasteiger partial charge in [0.15, 0.2) is 0 Å². The summed E-state index contributed by atoms with van der Waals surface area (Å²) in [6, 6.07) is 12.5. The normalized spacial score (nSPS) is 16.4. The van der Waals surface area contributed by atoms with E-state index in [1.165, 1.54) is 24.3 Å². The van der Waals surface area contributed by atoms with Crippen molar-refractivity contribution in [3.63, 3.8) is 0 Å². The molecule has 2 heterocycles. The Morgan fingerprint density at radius 1 is 0.559 bits per heavy atom. The quantitative estimate of drug-likeness (QED) is 0.374. The molecule has 2 aliphatic rings. The Morgan fingerprint density at radius 2 is 0.853 bits per heavy atom. The van der Waals surface area contributed by atoms with Crippen LogP contribution < -0.4 is 9.80 Å². The summed E-state index contributed by atoms with van der Waals surface area (Å²) >= 11 is 0. The molecule has 178 valence electrons. The minimum atomic E-state index is -0.521. The number of rotatable bonds is 4. The molecular formula is C22H24N6O6. The zero-order chi connectivity index (χ0) is 24.2. The lowest BCUT2D eigenvalue weighted by molar-refractivity contribution is -0.385. The number of nitro benzene ring substituents is 2. The molecule has 4 rings (SSSR count). The van der Waals surface area contributed by atoms with Crippen molar-refractivity contribution >= 4 is 34.6 Å². The minimum Gasteiger partial charge on any atom is -0.368 e. The van der Waals surface area contributed by atoms with Crippen LogP contribution in [0.3, 0.4) is 0 Å². The summed E-state index contributed by atoms with van der Waals surface area (Å²) < 4.78 is 0. The van der Waals surface area contributed by atoms with E-state index < -0.39 is 21.7 Å². The molecule has 34 heavy (non-hydrogen) atoms. The molecule has 0 atom stereocenters. The maximum absolute atomic E-state index is 12.8. The second-order valence-electron chi connectivity index (χ2n) is 8.11. The van der Waals surface area contributed by atoms with Crippen LogP contribution >= 0.6 is 0 Å². The zero-order valence-corrected chi connectivity index (χ0v) is 18.4. The number of nitro groups is 2. The SMILES string of the molecule is O=C(C(=O)N1CCN(c2ccc([N+](=O)[O-])cc2)CC1)N1CCN(c2ccc([N+](=O)[O-])cc2)CC1. The average molecular weight is 468 g/mol. The standard InChI is InChI=1S/C22H24N6O6/c29-21(25-13-9-23(10-14-25)17-1-5-19(6-2-17)27(31)32)22(30)26-15-11-24(12-16-26)18-3-7-20(8-4-18)28(33)34/h1-8H,9-16H2. The Labute approximate surface area is 195 Å². The number of amides is 2. The van der Waals surface area contributed by atoms with Crippen LogP contribution in [-0.4, -0.2) is 83.8 Å². The third kappa shape index (κ3) is 4.90. The Balaban J connectivity index is 1.27. The van der Waals surface area contributed by atoms with E-state index in [1.54, 1.807) is 34.1 Å². The van der Waals surface area contributed by atoms with Crippen molar-refractivity contribution in [2.45, 2.75) is 0 Å². The van der Waals surface area contributed by atoms with Gasteiger partial charge in [0.05, 0.1) is 9.85 Å². The van der Waals surface area contributed by atoms with E-state index in [9.17, 15) is 29.8 Å². The fraction of sp³-hybridized carbons (Fsp3) is 0.364. The monoisotopic (exact) mass is 468 g/mol. The van der Waals surface area contributed by atoms with Gasteiger partial charge >= 0.3 is 11.8 Å². The number of hydrogen-bond acceptors (Lipinski definition) is 8. The molecule has 0 N–H and O–H groups in total. The van der Waals surface area contributed by atoms with Gasteiger partial charge in [0.1, 0.15) is 0 Å². The first-order chi connectivity index (χ1) is 16.3. The van der Waals surface area contributed by atoms with Crippen LogP contribution in [0.1, 0.15) is 0 Å². The van der Waals surface area contributed by atoms with Gasteiger partial charge in [-0.2, -0.15) is 0 Å². The average Bonchev–Trinajstić information content (AvgIpc) is 2.88. The summed E-state index contributed by atoms with van der Waals surface area (Å²) in [5.41, 5.74) is 1.73. The summed E-state index contributed by atoms with van der Waals surface area (Å²) in [7, 11) is 0. The molecule has 2 aliphatic heterocycles. The highest BCUT2D eigenvalue weighted by Crippen LogP contribution is 2.22. The Kier molecular flexibility index (Phi) is 6.57. The van der Waals surface area contributed by atoms with Crippen molar-refractivity contribution in [1.82, 2.24) is 9.80 Å². The maximum atomic E-state index is 12.8. The van der Waals surface area contributed by atoms with Crippen LogP contribution in [0.4, 0.5) is 22.7 Å². The lowest BCUT2D eigenvalue weighted by Gasteiger charge is -2.38. The number of benzene rings is 2. The van der Waals surface area contributed by atoms with E-state index in [4.69, 9.17) is 0 Å². The summed E-state index contributed by atoms with van der Waals surface area (Å²) in [5.74, 6) is -1.04. The van der Waals surface area contributed by atoms with E-state index in [1.807, 2.05) is 9.80 Å².